The molecule has 2 aromatic carbocycles. The lowest BCUT2D eigenvalue weighted by atomic mass is 10.2. The Morgan fingerprint density at radius 3 is 0.917 bits per heavy atom. The SMILES string of the molecule is CC(C)(C)[Si](CCCC[Si](Oc1ccccc1)(C(C)(C)C)C(C)(C)C)(Oc1ccccc1)C(C)(C)C. The molecular weight excluding hydrogens is 473 g/mol. The Labute approximate surface area is 225 Å². The summed E-state index contributed by atoms with van der Waals surface area (Å²) in [5.74, 6) is 2.05. The quantitative estimate of drug-likeness (QED) is 0.239. The van der Waals surface area contributed by atoms with Crippen molar-refractivity contribution in [2.24, 2.45) is 0 Å². The summed E-state index contributed by atoms with van der Waals surface area (Å²) in [6, 6.07) is 23.3. The van der Waals surface area contributed by atoms with Crippen LogP contribution < -0.4 is 8.85 Å². The van der Waals surface area contributed by atoms with Crippen molar-refractivity contribution in [2.45, 2.75) is 128 Å². The Morgan fingerprint density at radius 2 is 0.694 bits per heavy atom. The molecule has 0 N–H and O–H groups in total. The van der Waals surface area contributed by atoms with Crippen LogP contribution in [0.4, 0.5) is 0 Å². The van der Waals surface area contributed by atoms with Gasteiger partial charge in [-0.15, -0.1) is 0 Å². The van der Waals surface area contributed by atoms with Crippen LogP contribution in [-0.2, 0) is 0 Å². The first-order valence-electron chi connectivity index (χ1n) is 13.8. The summed E-state index contributed by atoms with van der Waals surface area (Å²) in [7, 11) is -4.45. The van der Waals surface area contributed by atoms with E-state index < -0.39 is 16.6 Å². The van der Waals surface area contributed by atoms with E-state index in [1.807, 2.05) is 0 Å². The Morgan fingerprint density at radius 1 is 0.444 bits per heavy atom. The predicted octanol–water partition coefficient (Wildman–Crippen LogP) is 11.0. The molecule has 0 aliphatic carbocycles. The van der Waals surface area contributed by atoms with Gasteiger partial charge in [0.25, 0.3) is 16.6 Å². The molecule has 0 saturated carbocycles. The van der Waals surface area contributed by atoms with Gasteiger partial charge < -0.3 is 8.85 Å². The first-order valence-corrected chi connectivity index (χ1v) is 18.1. The van der Waals surface area contributed by atoms with Crippen molar-refractivity contribution in [3.8, 4) is 11.5 Å². The molecule has 36 heavy (non-hydrogen) atoms. The topological polar surface area (TPSA) is 18.5 Å². The lowest BCUT2D eigenvalue weighted by molar-refractivity contribution is 0.407. The van der Waals surface area contributed by atoms with Gasteiger partial charge in [0, 0.05) is 0 Å². The zero-order chi connectivity index (χ0) is 27.5. The number of hydrogen-bond donors (Lipinski definition) is 0. The van der Waals surface area contributed by atoms with Crippen LogP contribution in [-0.4, -0.2) is 16.6 Å². The van der Waals surface area contributed by atoms with Gasteiger partial charge in [0.15, 0.2) is 0 Å². The molecule has 0 amide bonds. The third kappa shape index (κ3) is 6.66. The standard InChI is InChI=1S/C32H54O2Si2/c1-29(2,3)35(30(4,5)6,33-27-21-15-13-16-22-27)25-19-20-26-36(31(7,8)9,32(10,11)12)34-28-23-17-14-18-24-28/h13-18,21-24H,19-20,25-26H2,1-12H3. The fourth-order valence-electron chi connectivity index (χ4n) is 6.59. The molecule has 202 valence electrons. The smallest absolute Gasteiger partial charge is 0.261 e. The molecular formula is C32H54O2Si2. The minimum atomic E-state index is -2.23. The third-order valence-electron chi connectivity index (χ3n) is 8.22. The van der Waals surface area contributed by atoms with Crippen molar-refractivity contribution in [3.63, 3.8) is 0 Å². The van der Waals surface area contributed by atoms with Crippen LogP contribution in [0.15, 0.2) is 60.7 Å². The van der Waals surface area contributed by atoms with Crippen molar-refractivity contribution < 1.29 is 8.85 Å². The Bertz CT molecular complexity index is 819. The maximum Gasteiger partial charge on any atom is 0.261 e. The average Bonchev–Trinajstić information content (AvgIpc) is 2.73. The molecule has 0 bridgehead atoms. The van der Waals surface area contributed by atoms with Crippen molar-refractivity contribution in [1.82, 2.24) is 0 Å². The van der Waals surface area contributed by atoms with Gasteiger partial charge in [0.2, 0.25) is 0 Å². The van der Waals surface area contributed by atoms with Gasteiger partial charge in [-0.25, -0.2) is 0 Å². The van der Waals surface area contributed by atoms with Crippen LogP contribution in [0, 0.1) is 0 Å². The highest BCUT2D eigenvalue weighted by atomic mass is 28.4. The summed E-state index contributed by atoms with van der Waals surface area (Å²) < 4.78 is 14.2. The van der Waals surface area contributed by atoms with E-state index in [2.05, 4.69) is 144 Å². The molecule has 0 spiro atoms. The molecule has 0 aliphatic rings. The monoisotopic (exact) mass is 526 g/mol. The number of unbranched alkanes of at least 4 members (excludes halogenated alkanes) is 1. The Kier molecular flexibility index (Phi) is 9.44. The molecule has 0 aliphatic heterocycles. The second-order valence-corrected chi connectivity index (χ2v) is 25.4. The van der Waals surface area contributed by atoms with E-state index in [-0.39, 0.29) is 20.2 Å². The Hall–Kier alpha value is -1.53. The molecule has 2 aromatic rings. The number of hydrogen-bond acceptors (Lipinski definition) is 2. The summed E-state index contributed by atoms with van der Waals surface area (Å²) in [6.07, 6.45) is 2.35. The number of para-hydroxylation sites is 2. The largest absolute Gasteiger partial charge is 0.542 e. The molecule has 4 heteroatoms. The van der Waals surface area contributed by atoms with E-state index in [0.29, 0.717) is 0 Å². The zero-order valence-corrected chi connectivity index (χ0v) is 27.4. The average molecular weight is 527 g/mol. The van der Waals surface area contributed by atoms with Crippen LogP contribution in [0.3, 0.4) is 0 Å². The van der Waals surface area contributed by atoms with E-state index in [1.165, 1.54) is 12.8 Å². The summed E-state index contributed by atoms with van der Waals surface area (Å²) >= 11 is 0. The van der Waals surface area contributed by atoms with Gasteiger partial charge in [-0.3, -0.25) is 0 Å². The van der Waals surface area contributed by atoms with Crippen LogP contribution >= 0.6 is 0 Å². The normalized spacial score (nSPS) is 14.0. The van der Waals surface area contributed by atoms with Crippen LogP contribution in [0.2, 0.25) is 32.2 Å². The zero-order valence-electron chi connectivity index (χ0n) is 25.4. The molecule has 0 atom stereocenters. The van der Waals surface area contributed by atoms with Crippen molar-refractivity contribution in [3.05, 3.63) is 60.7 Å². The Balaban J connectivity index is 2.36. The maximum absolute atomic E-state index is 7.11. The van der Waals surface area contributed by atoms with E-state index in [4.69, 9.17) is 8.85 Å². The molecule has 0 saturated heterocycles. The molecule has 2 rings (SSSR count). The van der Waals surface area contributed by atoms with E-state index in [0.717, 1.165) is 23.6 Å². The van der Waals surface area contributed by atoms with Crippen LogP contribution in [0.1, 0.15) is 95.9 Å². The second-order valence-electron chi connectivity index (χ2n) is 14.7. The number of benzene rings is 2. The van der Waals surface area contributed by atoms with Crippen molar-refractivity contribution >= 4 is 16.6 Å². The van der Waals surface area contributed by atoms with Crippen LogP contribution in [0.25, 0.3) is 0 Å². The molecule has 0 fully saturated rings. The lowest BCUT2D eigenvalue weighted by Gasteiger charge is -2.52. The van der Waals surface area contributed by atoms with E-state index >= 15 is 0 Å². The molecule has 0 unspecified atom stereocenters. The van der Waals surface area contributed by atoms with E-state index in [1.54, 1.807) is 0 Å². The number of rotatable bonds is 9. The third-order valence-corrected chi connectivity index (χ3v) is 21.2. The fourth-order valence-corrected chi connectivity index (χ4v) is 18.1. The first kappa shape index (κ1) is 30.7. The molecule has 0 aromatic heterocycles. The first-order chi connectivity index (χ1) is 16.4. The highest BCUT2D eigenvalue weighted by molar-refractivity contribution is 6.80. The van der Waals surface area contributed by atoms with Gasteiger partial charge in [0.05, 0.1) is 0 Å². The molecule has 2 nitrogen and oxygen atoms in total. The van der Waals surface area contributed by atoms with Crippen LogP contribution in [0.5, 0.6) is 11.5 Å². The summed E-state index contributed by atoms with van der Waals surface area (Å²) in [5, 5.41) is 0.461. The second kappa shape index (κ2) is 11.1. The summed E-state index contributed by atoms with van der Waals surface area (Å²) in [5.41, 5.74) is 0. The van der Waals surface area contributed by atoms with Gasteiger partial charge in [-0.1, -0.05) is 132 Å². The van der Waals surface area contributed by atoms with Gasteiger partial charge in [0.1, 0.15) is 11.5 Å². The van der Waals surface area contributed by atoms with Gasteiger partial charge in [-0.05, 0) is 56.5 Å². The minimum absolute atomic E-state index is 0.115. The summed E-state index contributed by atoms with van der Waals surface area (Å²) in [4.78, 5) is 0. The highest BCUT2D eigenvalue weighted by Crippen LogP contribution is 2.56. The molecule has 0 radical (unpaired) electrons. The lowest BCUT2D eigenvalue weighted by Crippen LogP contribution is -2.58. The minimum Gasteiger partial charge on any atom is -0.542 e. The van der Waals surface area contributed by atoms with Gasteiger partial charge >= 0.3 is 0 Å². The maximum atomic E-state index is 7.11. The summed E-state index contributed by atoms with van der Waals surface area (Å²) in [6.45, 7) is 28.8. The highest BCUT2D eigenvalue weighted by Gasteiger charge is 2.58. The van der Waals surface area contributed by atoms with Gasteiger partial charge in [-0.2, -0.15) is 0 Å². The van der Waals surface area contributed by atoms with Crippen molar-refractivity contribution in [2.75, 3.05) is 0 Å². The fraction of sp³-hybridized carbons (Fsp3) is 0.625. The predicted molar refractivity (Wildman–Crippen MR) is 163 cm³/mol. The van der Waals surface area contributed by atoms with E-state index in [9.17, 15) is 0 Å². The van der Waals surface area contributed by atoms with Crippen molar-refractivity contribution in [1.29, 1.82) is 0 Å². The molecule has 0 heterocycles.